The smallest absolute Gasteiger partial charge is 0.260 e. The highest BCUT2D eigenvalue weighted by Gasteiger charge is 2.30. The second-order valence-electron chi connectivity index (χ2n) is 8.49. The van der Waals surface area contributed by atoms with Gasteiger partial charge in [-0.1, -0.05) is 6.07 Å². The van der Waals surface area contributed by atoms with E-state index in [1.165, 1.54) is 0 Å². The van der Waals surface area contributed by atoms with Crippen molar-refractivity contribution in [3.05, 3.63) is 47.0 Å². The van der Waals surface area contributed by atoms with Crippen molar-refractivity contribution in [2.24, 2.45) is 0 Å². The van der Waals surface area contributed by atoms with Gasteiger partial charge in [-0.05, 0) is 50.8 Å². The summed E-state index contributed by atoms with van der Waals surface area (Å²) in [4.78, 5) is 38.1. The lowest BCUT2D eigenvalue weighted by molar-refractivity contribution is -0.132. The highest BCUT2D eigenvalue weighted by Crippen LogP contribution is 2.29. The zero-order valence-electron chi connectivity index (χ0n) is 19.0. The molecular formula is C24H30N4O4. The van der Waals surface area contributed by atoms with Gasteiger partial charge in [-0.2, -0.15) is 0 Å². The van der Waals surface area contributed by atoms with Gasteiger partial charge in [0.25, 0.3) is 11.8 Å². The van der Waals surface area contributed by atoms with Gasteiger partial charge in [0, 0.05) is 38.3 Å². The van der Waals surface area contributed by atoms with Crippen molar-refractivity contribution in [3.8, 4) is 11.5 Å². The van der Waals surface area contributed by atoms with Crippen LogP contribution in [0.2, 0.25) is 0 Å². The van der Waals surface area contributed by atoms with E-state index in [4.69, 9.17) is 9.47 Å². The Hall–Kier alpha value is -3.16. The fourth-order valence-electron chi connectivity index (χ4n) is 4.30. The number of carbonyl (C=O) groups excluding carboxylic acids is 2. The molecular weight excluding hydrogens is 408 g/mol. The van der Waals surface area contributed by atoms with Crippen molar-refractivity contribution >= 4 is 11.8 Å². The van der Waals surface area contributed by atoms with E-state index in [9.17, 15) is 9.59 Å². The largest absolute Gasteiger partial charge is 0.493 e. The molecule has 3 heterocycles. The molecule has 4 rings (SSSR count). The summed E-state index contributed by atoms with van der Waals surface area (Å²) < 4.78 is 11.1. The van der Waals surface area contributed by atoms with Crippen molar-refractivity contribution in [2.75, 3.05) is 39.9 Å². The van der Waals surface area contributed by atoms with E-state index in [-0.39, 0.29) is 24.3 Å². The first-order valence-corrected chi connectivity index (χ1v) is 11.1. The molecule has 8 heteroatoms. The lowest BCUT2D eigenvalue weighted by Crippen LogP contribution is -2.33. The first-order chi connectivity index (χ1) is 15.5. The molecule has 8 nitrogen and oxygen atoms in total. The monoisotopic (exact) mass is 438 g/mol. The van der Waals surface area contributed by atoms with E-state index in [0.29, 0.717) is 41.7 Å². The van der Waals surface area contributed by atoms with E-state index < -0.39 is 0 Å². The molecule has 1 aromatic carbocycles. The number of carbonyl (C=O) groups is 2. The number of benzene rings is 1. The first-order valence-electron chi connectivity index (χ1n) is 11.1. The van der Waals surface area contributed by atoms with Crippen LogP contribution >= 0.6 is 0 Å². The molecule has 0 aliphatic carbocycles. The quantitative estimate of drug-likeness (QED) is 0.690. The van der Waals surface area contributed by atoms with Gasteiger partial charge in [0.15, 0.2) is 18.1 Å². The molecule has 0 N–H and O–H groups in total. The number of ether oxygens (including phenoxy) is 2. The molecule has 2 aromatic rings. The van der Waals surface area contributed by atoms with Gasteiger partial charge in [0.1, 0.15) is 5.82 Å². The van der Waals surface area contributed by atoms with Crippen LogP contribution in [0.25, 0.3) is 0 Å². The number of amides is 2. The van der Waals surface area contributed by atoms with Crippen LogP contribution in [0.5, 0.6) is 11.5 Å². The van der Waals surface area contributed by atoms with Gasteiger partial charge >= 0.3 is 0 Å². The van der Waals surface area contributed by atoms with Crippen LogP contribution in [0.15, 0.2) is 24.4 Å². The van der Waals surface area contributed by atoms with Crippen molar-refractivity contribution in [1.29, 1.82) is 0 Å². The summed E-state index contributed by atoms with van der Waals surface area (Å²) >= 11 is 0. The number of hydrogen-bond acceptors (Lipinski definition) is 6. The fourth-order valence-corrected chi connectivity index (χ4v) is 4.30. The molecule has 170 valence electrons. The van der Waals surface area contributed by atoms with Crippen molar-refractivity contribution in [3.63, 3.8) is 0 Å². The Balaban J connectivity index is 1.35. The van der Waals surface area contributed by atoms with Gasteiger partial charge < -0.3 is 19.3 Å². The summed E-state index contributed by atoms with van der Waals surface area (Å²) in [6.07, 6.45) is 4.54. The molecule has 2 fully saturated rings. The van der Waals surface area contributed by atoms with Crippen LogP contribution in [0.1, 0.15) is 52.6 Å². The second kappa shape index (κ2) is 9.54. The van der Waals surface area contributed by atoms with Crippen LogP contribution in [0, 0.1) is 13.8 Å². The minimum Gasteiger partial charge on any atom is -0.493 e. The zero-order chi connectivity index (χ0) is 22.7. The van der Waals surface area contributed by atoms with E-state index >= 15 is 0 Å². The molecule has 1 aromatic heterocycles. The normalized spacial score (nSPS) is 18.2. The number of methoxy groups -OCH3 is 1. The molecule has 0 bridgehead atoms. The lowest BCUT2D eigenvalue weighted by Gasteiger charge is -2.18. The summed E-state index contributed by atoms with van der Waals surface area (Å²) in [5, 5.41) is 0. The molecule has 2 aliphatic rings. The Kier molecular flexibility index (Phi) is 6.58. The molecule has 0 radical (unpaired) electrons. The highest BCUT2D eigenvalue weighted by atomic mass is 16.5. The Morgan fingerprint density at radius 2 is 1.88 bits per heavy atom. The summed E-state index contributed by atoms with van der Waals surface area (Å²) in [5.74, 6) is 1.86. The number of hydrogen-bond donors (Lipinski definition) is 0. The molecule has 0 unspecified atom stereocenters. The SMILES string of the molecule is COc1cc(C)ccc1OCC(=O)N1CC[C@H](c2ncc(C(=O)N3CCCC3)c(C)n2)C1. The number of rotatable bonds is 6. The van der Waals surface area contributed by atoms with Crippen LogP contribution in [-0.4, -0.2) is 71.5 Å². The summed E-state index contributed by atoms with van der Waals surface area (Å²) in [5.41, 5.74) is 2.33. The molecule has 2 aliphatic heterocycles. The van der Waals surface area contributed by atoms with Crippen molar-refractivity contribution in [2.45, 2.75) is 39.0 Å². The average Bonchev–Trinajstić information content (AvgIpc) is 3.50. The summed E-state index contributed by atoms with van der Waals surface area (Å²) in [6.45, 7) is 6.57. The minimum atomic E-state index is -0.0762. The van der Waals surface area contributed by atoms with Gasteiger partial charge in [-0.3, -0.25) is 9.59 Å². The number of aryl methyl sites for hydroxylation is 2. The fraction of sp³-hybridized carbons (Fsp3) is 0.500. The standard InChI is InChI=1S/C24H30N4O4/c1-16-6-7-20(21(12-16)31-3)32-15-22(29)28-11-8-18(14-28)23-25-13-19(17(2)26-23)24(30)27-9-4-5-10-27/h6-7,12-13,18H,4-5,8-11,14-15H2,1-3H3/t18-/m0/s1. The Morgan fingerprint density at radius 3 is 2.59 bits per heavy atom. The highest BCUT2D eigenvalue weighted by molar-refractivity contribution is 5.95. The predicted octanol–water partition coefficient (Wildman–Crippen LogP) is 2.73. The predicted molar refractivity (Wildman–Crippen MR) is 119 cm³/mol. The minimum absolute atomic E-state index is 0.0125. The van der Waals surface area contributed by atoms with Crippen molar-refractivity contribution < 1.29 is 19.1 Å². The molecule has 1 atom stereocenters. The summed E-state index contributed by atoms with van der Waals surface area (Å²) in [6, 6.07) is 5.62. The maximum Gasteiger partial charge on any atom is 0.260 e. The third-order valence-electron chi connectivity index (χ3n) is 6.20. The van der Waals surface area contributed by atoms with E-state index in [1.807, 2.05) is 36.9 Å². The van der Waals surface area contributed by atoms with E-state index in [1.54, 1.807) is 18.2 Å². The van der Waals surface area contributed by atoms with Crippen LogP contribution in [0.4, 0.5) is 0 Å². The third kappa shape index (κ3) is 4.69. The Bertz CT molecular complexity index is 1000. The zero-order valence-corrected chi connectivity index (χ0v) is 19.0. The Labute approximate surface area is 188 Å². The number of likely N-dealkylation sites (tertiary alicyclic amines) is 2. The number of aromatic nitrogens is 2. The molecule has 32 heavy (non-hydrogen) atoms. The average molecular weight is 439 g/mol. The molecule has 2 saturated heterocycles. The van der Waals surface area contributed by atoms with E-state index in [2.05, 4.69) is 9.97 Å². The molecule has 2 amide bonds. The Morgan fingerprint density at radius 1 is 1.09 bits per heavy atom. The van der Waals surface area contributed by atoms with Gasteiger partial charge in [-0.25, -0.2) is 9.97 Å². The van der Waals surface area contributed by atoms with E-state index in [0.717, 1.165) is 37.9 Å². The van der Waals surface area contributed by atoms with Crippen LogP contribution in [0.3, 0.4) is 0 Å². The third-order valence-corrected chi connectivity index (χ3v) is 6.20. The van der Waals surface area contributed by atoms with Crippen LogP contribution in [-0.2, 0) is 4.79 Å². The van der Waals surface area contributed by atoms with Gasteiger partial charge in [0.05, 0.1) is 18.4 Å². The second-order valence-corrected chi connectivity index (χ2v) is 8.49. The molecule has 0 spiro atoms. The lowest BCUT2D eigenvalue weighted by atomic mass is 10.1. The van der Waals surface area contributed by atoms with Crippen molar-refractivity contribution in [1.82, 2.24) is 19.8 Å². The topological polar surface area (TPSA) is 84.9 Å². The van der Waals surface area contributed by atoms with Gasteiger partial charge in [-0.15, -0.1) is 0 Å². The molecule has 0 saturated carbocycles. The summed E-state index contributed by atoms with van der Waals surface area (Å²) in [7, 11) is 1.58. The van der Waals surface area contributed by atoms with Gasteiger partial charge in [0.2, 0.25) is 0 Å². The maximum atomic E-state index is 12.7. The maximum absolute atomic E-state index is 12.7. The van der Waals surface area contributed by atoms with Crippen LogP contribution < -0.4 is 9.47 Å². The number of nitrogens with zero attached hydrogens (tertiary/aromatic N) is 4. The first kappa shape index (κ1) is 22.0.